The third kappa shape index (κ3) is 3.42. The summed E-state index contributed by atoms with van der Waals surface area (Å²) in [7, 11) is 0. The zero-order valence-electron chi connectivity index (χ0n) is 15.4. The Hall–Kier alpha value is -2.47. The summed E-state index contributed by atoms with van der Waals surface area (Å²) >= 11 is 0. The second-order valence-corrected chi connectivity index (χ2v) is 7.11. The van der Waals surface area contributed by atoms with Crippen molar-refractivity contribution in [2.24, 2.45) is 0 Å². The Morgan fingerprint density at radius 2 is 2.04 bits per heavy atom. The van der Waals surface area contributed by atoms with Crippen molar-refractivity contribution in [1.82, 2.24) is 20.0 Å². The van der Waals surface area contributed by atoms with Crippen molar-refractivity contribution in [2.45, 2.75) is 39.2 Å². The lowest BCUT2D eigenvalue weighted by Gasteiger charge is -2.33. The topological polar surface area (TPSA) is 67.1 Å². The number of rotatable bonds is 5. The standard InChI is InChI=1S/C20H25N5O/c1-14-6-8-16(9-7-14)18-17-19(22-13-23-20(17)26-24-18)21-10-12-25-11-4-3-5-15(25)2/h6-9,13,15H,3-5,10-12H2,1-2H3,(H,21,22,23)/t15-/m1/s1. The minimum atomic E-state index is 0.518. The van der Waals surface area contributed by atoms with E-state index in [0.717, 1.165) is 35.6 Å². The van der Waals surface area contributed by atoms with Gasteiger partial charge in [0.15, 0.2) is 0 Å². The number of aryl methyl sites for hydroxylation is 1. The first-order valence-electron chi connectivity index (χ1n) is 9.38. The summed E-state index contributed by atoms with van der Waals surface area (Å²) in [4.78, 5) is 11.2. The summed E-state index contributed by atoms with van der Waals surface area (Å²) in [5.41, 5.74) is 3.53. The SMILES string of the molecule is Cc1ccc(-c2noc3ncnc(NCCN4CCCC[C@H]4C)c23)cc1. The van der Waals surface area contributed by atoms with Crippen LogP contribution in [0.15, 0.2) is 35.1 Å². The van der Waals surface area contributed by atoms with Crippen molar-refractivity contribution in [3.63, 3.8) is 0 Å². The number of aromatic nitrogens is 3. The number of nitrogens with one attached hydrogen (secondary N) is 1. The highest BCUT2D eigenvalue weighted by atomic mass is 16.5. The molecule has 3 heterocycles. The molecule has 4 rings (SSSR count). The van der Waals surface area contributed by atoms with E-state index < -0.39 is 0 Å². The van der Waals surface area contributed by atoms with Crippen LogP contribution >= 0.6 is 0 Å². The van der Waals surface area contributed by atoms with Gasteiger partial charge in [0.2, 0.25) is 0 Å². The number of fused-ring (bicyclic) bond motifs is 1. The molecule has 1 fully saturated rings. The van der Waals surface area contributed by atoms with E-state index in [-0.39, 0.29) is 0 Å². The van der Waals surface area contributed by atoms with Crippen LogP contribution in [-0.2, 0) is 0 Å². The number of anilines is 1. The van der Waals surface area contributed by atoms with Crippen LogP contribution in [-0.4, -0.2) is 45.7 Å². The van der Waals surface area contributed by atoms with Gasteiger partial charge in [-0.05, 0) is 33.2 Å². The van der Waals surface area contributed by atoms with E-state index in [4.69, 9.17) is 4.52 Å². The lowest BCUT2D eigenvalue weighted by Crippen LogP contribution is -2.40. The van der Waals surface area contributed by atoms with Gasteiger partial charge in [-0.2, -0.15) is 4.98 Å². The minimum absolute atomic E-state index is 0.518. The summed E-state index contributed by atoms with van der Waals surface area (Å²) in [6, 6.07) is 8.92. The van der Waals surface area contributed by atoms with E-state index in [1.165, 1.54) is 37.7 Å². The van der Waals surface area contributed by atoms with E-state index in [9.17, 15) is 0 Å². The van der Waals surface area contributed by atoms with Crippen LogP contribution in [0, 0.1) is 6.92 Å². The average Bonchev–Trinajstić information content (AvgIpc) is 3.09. The fraction of sp³-hybridized carbons (Fsp3) is 0.450. The molecule has 6 heteroatoms. The summed E-state index contributed by atoms with van der Waals surface area (Å²) in [5.74, 6) is 0.788. The first-order valence-corrected chi connectivity index (χ1v) is 9.38. The zero-order valence-corrected chi connectivity index (χ0v) is 15.4. The molecule has 2 aromatic heterocycles. The number of benzene rings is 1. The Balaban J connectivity index is 1.55. The summed E-state index contributed by atoms with van der Waals surface area (Å²) in [5, 5.41) is 8.56. The molecule has 0 bridgehead atoms. The quantitative estimate of drug-likeness (QED) is 0.752. The molecule has 0 saturated carbocycles. The zero-order chi connectivity index (χ0) is 17.9. The van der Waals surface area contributed by atoms with Gasteiger partial charge in [-0.25, -0.2) is 4.98 Å². The Morgan fingerprint density at radius 1 is 1.19 bits per heavy atom. The first-order chi connectivity index (χ1) is 12.7. The van der Waals surface area contributed by atoms with Crippen molar-refractivity contribution < 1.29 is 4.52 Å². The fourth-order valence-corrected chi connectivity index (χ4v) is 3.64. The Kier molecular flexibility index (Phi) is 4.84. The Morgan fingerprint density at radius 3 is 2.85 bits per heavy atom. The van der Waals surface area contributed by atoms with E-state index in [1.54, 1.807) is 0 Å². The van der Waals surface area contributed by atoms with Crippen LogP contribution in [0.1, 0.15) is 31.7 Å². The highest BCUT2D eigenvalue weighted by Crippen LogP contribution is 2.31. The largest absolute Gasteiger partial charge is 0.368 e. The molecule has 1 aliphatic rings. The first kappa shape index (κ1) is 17.0. The van der Waals surface area contributed by atoms with Gasteiger partial charge >= 0.3 is 0 Å². The molecule has 0 amide bonds. The smallest absolute Gasteiger partial charge is 0.263 e. The third-order valence-electron chi connectivity index (χ3n) is 5.23. The van der Waals surface area contributed by atoms with E-state index in [0.29, 0.717) is 11.8 Å². The molecule has 1 aromatic carbocycles. The number of likely N-dealkylation sites (tertiary alicyclic amines) is 1. The highest BCUT2D eigenvalue weighted by Gasteiger charge is 2.19. The van der Waals surface area contributed by atoms with Gasteiger partial charge in [0.1, 0.15) is 23.2 Å². The van der Waals surface area contributed by atoms with Gasteiger partial charge in [-0.3, -0.25) is 4.90 Å². The maximum Gasteiger partial charge on any atom is 0.263 e. The van der Waals surface area contributed by atoms with Crippen molar-refractivity contribution in [3.05, 3.63) is 36.2 Å². The van der Waals surface area contributed by atoms with Crippen LogP contribution in [0.3, 0.4) is 0 Å². The van der Waals surface area contributed by atoms with Crippen LogP contribution < -0.4 is 5.32 Å². The predicted molar refractivity (Wildman–Crippen MR) is 103 cm³/mol. The molecule has 1 aliphatic heterocycles. The van der Waals surface area contributed by atoms with Crippen molar-refractivity contribution in [3.8, 4) is 11.3 Å². The third-order valence-corrected chi connectivity index (χ3v) is 5.23. The van der Waals surface area contributed by atoms with Crippen LogP contribution in [0.25, 0.3) is 22.4 Å². The van der Waals surface area contributed by atoms with Crippen molar-refractivity contribution >= 4 is 16.9 Å². The van der Waals surface area contributed by atoms with Gasteiger partial charge in [0, 0.05) is 24.7 Å². The number of hydrogen-bond acceptors (Lipinski definition) is 6. The number of piperidine rings is 1. The van der Waals surface area contributed by atoms with Gasteiger partial charge in [0.05, 0.1) is 0 Å². The van der Waals surface area contributed by atoms with Crippen molar-refractivity contribution in [1.29, 1.82) is 0 Å². The highest BCUT2D eigenvalue weighted by molar-refractivity contribution is 5.97. The fourth-order valence-electron chi connectivity index (χ4n) is 3.64. The maximum atomic E-state index is 5.44. The average molecular weight is 351 g/mol. The van der Waals surface area contributed by atoms with Crippen molar-refractivity contribution in [2.75, 3.05) is 25.0 Å². The molecule has 3 aromatic rings. The molecule has 6 nitrogen and oxygen atoms in total. The maximum absolute atomic E-state index is 5.44. The molecule has 26 heavy (non-hydrogen) atoms. The van der Waals surface area contributed by atoms with E-state index >= 15 is 0 Å². The number of hydrogen-bond donors (Lipinski definition) is 1. The van der Waals surface area contributed by atoms with Crippen LogP contribution in [0.2, 0.25) is 0 Å². The molecule has 1 atom stereocenters. The molecule has 0 aliphatic carbocycles. The monoisotopic (exact) mass is 351 g/mol. The molecule has 1 N–H and O–H groups in total. The lowest BCUT2D eigenvalue weighted by atomic mass is 10.0. The van der Waals surface area contributed by atoms with Gasteiger partial charge < -0.3 is 9.84 Å². The molecular formula is C20H25N5O. The normalized spacial score (nSPS) is 18.3. The summed E-state index contributed by atoms with van der Waals surface area (Å²) in [6.45, 7) is 7.43. The molecule has 1 saturated heterocycles. The predicted octanol–water partition coefficient (Wildman–Crippen LogP) is 3.88. The van der Waals surface area contributed by atoms with Gasteiger partial charge in [0.25, 0.3) is 5.71 Å². The van der Waals surface area contributed by atoms with Gasteiger partial charge in [-0.15, -0.1) is 0 Å². The molecular weight excluding hydrogens is 326 g/mol. The van der Waals surface area contributed by atoms with Crippen LogP contribution in [0.4, 0.5) is 5.82 Å². The Bertz CT molecular complexity index is 874. The van der Waals surface area contributed by atoms with Crippen LogP contribution in [0.5, 0.6) is 0 Å². The molecule has 0 unspecified atom stereocenters. The minimum Gasteiger partial charge on any atom is -0.368 e. The summed E-state index contributed by atoms with van der Waals surface area (Å²) < 4.78 is 5.44. The second-order valence-electron chi connectivity index (χ2n) is 7.11. The van der Waals surface area contributed by atoms with E-state index in [2.05, 4.69) is 63.5 Å². The molecule has 0 spiro atoms. The Labute approximate surface area is 153 Å². The van der Waals surface area contributed by atoms with Gasteiger partial charge in [-0.1, -0.05) is 41.4 Å². The number of nitrogens with zero attached hydrogens (tertiary/aromatic N) is 4. The lowest BCUT2D eigenvalue weighted by molar-refractivity contribution is 0.167. The second kappa shape index (κ2) is 7.41. The molecule has 136 valence electrons. The van der Waals surface area contributed by atoms with E-state index in [1.807, 2.05) is 0 Å². The molecule has 0 radical (unpaired) electrons. The summed E-state index contributed by atoms with van der Waals surface area (Å²) in [6.07, 6.45) is 5.46.